The summed E-state index contributed by atoms with van der Waals surface area (Å²) < 4.78 is 13.7. The van der Waals surface area contributed by atoms with E-state index in [-0.39, 0.29) is 10.8 Å². The molecule has 0 atom stereocenters. The molecule has 0 amide bonds. The van der Waals surface area contributed by atoms with E-state index in [0.29, 0.717) is 0 Å². The maximum atomic E-state index is 6.84. The van der Waals surface area contributed by atoms with Crippen LogP contribution in [0, 0.1) is 0 Å². The number of hydrogen-bond donors (Lipinski definition) is 0. The van der Waals surface area contributed by atoms with Gasteiger partial charge in [-0.25, -0.2) is 0 Å². The average molecular weight is 925 g/mol. The lowest BCUT2D eigenvalue weighted by Crippen LogP contribution is -2.15. The van der Waals surface area contributed by atoms with Crippen LogP contribution in [-0.4, -0.2) is 0 Å². The second kappa shape index (κ2) is 14.8. The van der Waals surface area contributed by atoms with Crippen molar-refractivity contribution in [3.63, 3.8) is 0 Å². The van der Waals surface area contributed by atoms with Gasteiger partial charge in [-0.3, -0.25) is 0 Å². The zero-order valence-corrected chi connectivity index (χ0v) is 40.5. The van der Waals surface area contributed by atoms with Crippen molar-refractivity contribution >= 4 is 99.5 Å². The van der Waals surface area contributed by atoms with Gasteiger partial charge in [0.2, 0.25) is 0 Å². The van der Waals surface area contributed by atoms with Gasteiger partial charge in [-0.2, -0.15) is 0 Å². The van der Waals surface area contributed by atoms with Crippen LogP contribution in [0.25, 0.3) is 87.7 Å². The predicted octanol–water partition coefficient (Wildman–Crippen LogP) is 19.3. The second-order valence-corrected chi connectivity index (χ2v) is 20.9. The van der Waals surface area contributed by atoms with E-state index in [1.165, 1.54) is 44.5 Å². The van der Waals surface area contributed by atoms with E-state index in [1.54, 1.807) is 0 Å². The topological polar surface area (TPSA) is 32.8 Å². The van der Waals surface area contributed by atoms with Crippen molar-refractivity contribution < 1.29 is 8.83 Å². The van der Waals surface area contributed by atoms with Gasteiger partial charge in [0.25, 0.3) is 0 Å². The summed E-state index contributed by atoms with van der Waals surface area (Å²) in [7, 11) is 0. The van der Waals surface area contributed by atoms with Crippen LogP contribution in [0.15, 0.2) is 227 Å². The number of fused-ring (bicyclic) bond motifs is 16. The summed E-state index contributed by atoms with van der Waals surface area (Å²) in [5, 5.41) is 8.71. The number of para-hydroxylation sites is 2. The molecule has 72 heavy (non-hydrogen) atoms. The maximum absolute atomic E-state index is 6.84. The van der Waals surface area contributed by atoms with Crippen LogP contribution in [0.4, 0.5) is 34.1 Å². The van der Waals surface area contributed by atoms with Crippen LogP contribution in [0.1, 0.15) is 49.9 Å². The molecule has 13 aromatic rings. The third kappa shape index (κ3) is 5.81. The van der Waals surface area contributed by atoms with Gasteiger partial charge in [0.05, 0.1) is 0 Å². The molecule has 2 aliphatic carbocycles. The van der Waals surface area contributed by atoms with Crippen molar-refractivity contribution in [1.29, 1.82) is 0 Å². The first kappa shape index (κ1) is 41.0. The van der Waals surface area contributed by atoms with Gasteiger partial charge in [0, 0.05) is 83.3 Å². The van der Waals surface area contributed by atoms with Crippen molar-refractivity contribution in [2.45, 2.75) is 38.5 Å². The zero-order valence-electron chi connectivity index (χ0n) is 40.5. The Hall–Kier alpha value is -8.86. The number of nitrogens with zero attached hydrogens (tertiary/aromatic N) is 2. The lowest BCUT2D eigenvalue weighted by molar-refractivity contribution is 0.659. The van der Waals surface area contributed by atoms with Crippen LogP contribution >= 0.6 is 0 Å². The fraction of sp³-hybridized carbons (Fsp3) is 0.0882. The smallest absolute Gasteiger partial charge is 0.143 e. The molecule has 0 bridgehead atoms. The Morgan fingerprint density at radius 1 is 0.278 bits per heavy atom. The molecule has 342 valence electrons. The molecule has 0 N–H and O–H groups in total. The number of benzene rings is 11. The molecule has 4 nitrogen and oxygen atoms in total. The first-order valence-corrected chi connectivity index (χ1v) is 25.1. The first-order valence-electron chi connectivity index (χ1n) is 25.1. The van der Waals surface area contributed by atoms with Gasteiger partial charge in [0.1, 0.15) is 22.3 Å². The fourth-order valence-corrected chi connectivity index (χ4v) is 12.6. The molecule has 0 saturated heterocycles. The third-order valence-corrected chi connectivity index (χ3v) is 16.2. The van der Waals surface area contributed by atoms with Gasteiger partial charge in [-0.05, 0) is 158 Å². The Labute approximate surface area is 417 Å². The van der Waals surface area contributed by atoms with Gasteiger partial charge >= 0.3 is 0 Å². The van der Waals surface area contributed by atoms with Crippen LogP contribution in [-0.2, 0) is 10.8 Å². The van der Waals surface area contributed by atoms with E-state index in [0.717, 1.165) is 99.5 Å². The molecule has 11 aromatic carbocycles. The molecule has 0 spiro atoms. The van der Waals surface area contributed by atoms with Crippen LogP contribution in [0.3, 0.4) is 0 Å². The third-order valence-electron chi connectivity index (χ3n) is 16.2. The Bertz CT molecular complexity index is 4120. The molecule has 15 rings (SSSR count). The zero-order chi connectivity index (χ0) is 48.0. The van der Waals surface area contributed by atoms with E-state index >= 15 is 0 Å². The Morgan fingerprint density at radius 2 is 0.653 bits per heavy atom. The van der Waals surface area contributed by atoms with Gasteiger partial charge in [0.15, 0.2) is 0 Å². The highest BCUT2D eigenvalue weighted by Gasteiger charge is 2.37. The van der Waals surface area contributed by atoms with Crippen molar-refractivity contribution in [1.82, 2.24) is 0 Å². The van der Waals surface area contributed by atoms with Crippen LogP contribution in [0.5, 0.6) is 0 Å². The van der Waals surface area contributed by atoms with Crippen molar-refractivity contribution in [2.75, 3.05) is 9.80 Å². The summed E-state index contributed by atoms with van der Waals surface area (Å²) in [6.07, 6.45) is 0. The summed E-state index contributed by atoms with van der Waals surface area (Å²) >= 11 is 0. The van der Waals surface area contributed by atoms with Gasteiger partial charge in [-0.15, -0.1) is 0 Å². The monoisotopic (exact) mass is 924 g/mol. The standard InChI is InChI=1S/C68H48N2O2/c1-67(2)59-21-13-11-19-51(59)55-37-47(27-33-61(55)67)69(43-15-7-5-8-16-43)45-25-31-49-41(35-45)23-29-53-57-39-58-54-30-24-42-36-46(26-32-50(42)66(54)72-64(58)40-63(57)71-65(49)53)70(44-17-9-6-10-18-44)48-28-34-62-56(38-48)52-20-12-14-22-60(52)68(62,3)4/h5-40H,1-4H3. The maximum Gasteiger partial charge on any atom is 0.143 e. The Balaban J connectivity index is 0.809. The molecule has 0 saturated carbocycles. The Kier molecular flexibility index (Phi) is 8.44. The highest BCUT2D eigenvalue weighted by molar-refractivity contribution is 6.22. The summed E-state index contributed by atoms with van der Waals surface area (Å²) in [6, 6.07) is 79.8. The SMILES string of the molecule is CC1(C)c2ccccc2-c2cc(N(c3ccccc3)c3ccc4c(ccc5c6cc7c(cc6oc45)oc4c5ccc(N(c6ccccc6)c6ccc8c(c6)-c6ccccc6C8(C)C)cc5ccc74)c3)ccc21. The lowest BCUT2D eigenvalue weighted by Gasteiger charge is -2.27. The van der Waals surface area contributed by atoms with Crippen molar-refractivity contribution in [3.8, 4) is 22.3 Å². The summed E-state index contributed by atoms with van der Waals surface area (Å²) in [4.78, 5) is 4.74. The molecule has 0 unspecified atom stereocenters. The molecule has 0 radical (unpaired) electrons. The number of hydrogen-bond acceptors (Lipinski definition) is 4. The summed E-state index contributed by atoms with van der Waals surface area (Å²) in [5.41, 5.74) is 20.6. The highest BCUT2D eigenvalue weighted by atomic mass is 16.3. The van der Waals surface area contributed by atoms with Gasteiger partial charge in [-0.1, -0.05) is 137 Å². The average Bonchev–Trinajstić information content (AvgIpc) is 4.10. The van der Waals surface area contributed by atoms with Crippen LogP contribution in [0.2, 0.25) is 0 Å². The minimum absolute atomic E-state index is 0.0553. The largest absolute Gasteiger partial charge is 0.455 e. The number of anilines is 6. The number of furan rings is 2. The van der Waals surface area contributed by atoms with Crippen molar-refractivity contribution in [2.24, 2.45) is 0 Å². The fourth-order valence-electron chi connectivity index (χ4n) is 12.6. The lowest BCUT2D eigenvalue weighted by atomic mass is 9.82. The molecule has 0 aliphatic heterocycles. The van der Waals surface area contributed by atoms with E-state index in [9.17, 15) is 0 Å². The summed E-state index contributed by atoms with van der Waals surface area (Å²) in [5.74, 6) is 0. The second-order valence-electron chi connectivity index (χ2n) is 20.9. The van der Waals surface area contributed by atoms with Crippen LogP contribution < -0.4 is 9.80 Å². The molecule has 2 aliphatic rings. The molecule has 4 heteroatoms. The van der Waals surface area contributed by atoms with Crippen molar-refractivity contribution in [3.05, 3.63) is 241 Å². The molecule has 2 aromatic heterocycles. The molecule has 2 heterocycles. The number of rotatable bonds is 6. The van der Waals surface area contributed by atoms with E-state index in [1.807, 2.05) is 0 Å². The van der Waals surface area contributed by atoms with E-state index in [4.69, 9.17) is 8.83 Å². The van der Waals surface area contributed by atoms with Gasteiger partial charge < -0.3 is 18.6 Å². The minimum atomic E-state index is -0.0553. The van der Waals surface area contributed by atoms with E-state index in [2.05, 4.69) is 256 Å². The first-order chi connectivity index (χ1) is 35.2. The molecular formula is C68H48N2O2. The Morgan fingerprint density at radius 3 is 1.11 bits per heavy atom. The highest BCUT2D eigenvalue weighted by Crippen LogP contribution is 2.53. The van der Waals surface area contributed by atoms with E-state index < -0.39 is 0 Å². The predicted molar refractivity (Wildman–Crippen MR) is 301 cm³/mol. The quantitative estimate of drug-likeness (QED) is 0.166. The summed E-state index contributed by atoms with van der Waals surface area (Å²) in [6.45, 7) is 9.34. The normalized spacial score (nSPS) is 14.1. The molecule has 0 fully saturated rings. The molecular weight excluding hydrogens is 877 g/mol. The minimum Gasteiger partial charge on any atom is -0.455 e.